The molecular weight excluding hydrogens is 460 g/mol. The van der Waals surface area contributed by atoms with E-state index in [1.54, 1.807) is 18.2 Å². The van der Waals surface area contributed by atoms with Crippen LogP contribution in [0.2, 0.25) is 5.02 Å². The van der Waals surface area contributed by atoms with Gasteiger partial charge in [0.05, 0.1) is 5.92 Å². The fourth-order valence-corrected chi connectivity index (χ4v) is 5.70. The number of benzene rings is 2. The van der Waals surface area contributed by atoms with Gasteiger partial charge in [0, 0.05) is 43.3 Å². The number of sulfonamides is 1. The average Bonchev–Trinajstić information content (AvgIpc) is 3.08. The summed E-state index contributed by atoms with van der Waals surface area (Å²) in [6.45, 7) is 3.03. The number of hydrogen-bond acceptors (Lipinski definition) is 5. The standard InChI is InChI=1S/C24H29ClN4O3S/c1-27(2)14-15-29(16-18-9-11-20(25)12-10-18)24(30)19-6-5-13-28(17-19)23-21-7-3-4-8-22(21)33(31,32)26-23/h3-4,7-12,19H,5-6,13-17H2,1-2H3. The molecule has 0 aromatic heterocycles. The number of hydrogen-bond donors (Lipinski definition) is 0. The van der Waals surface area contributed by atoms with Gasteiger partial charge in [-0.15, -0.1) is 4.40 Å². The van der Waals surface area contributed by atoms with Crippen molar-refractivity contribution in [3.63, 3.8) is 0 Å². The molecule has 1 fully saturated rings. The van der Waals surface area contributed by atoms with E-state index in [9.17, 15) is 13.2 Å². The molecule has 2 aliphatic heterocycles. The van der Waals surface area contributed by atoms with E-state index in [2.05, 4.69) is 9.30 Å². The first-order chi connectivity index (χ1) is 15.7. The molecule has 7 nitrogen and oxygen atoms in total. The van der Waals surface area contributed by atoms with Crippen LogP contribution < -0.4 is 0 Å². The third-order valence-corrected chi connectivity index (χ3v) is 7.68. The smallest absolute Gasteiger partial charge is 0.285 e. The Bertz CT molecular complexity index is 1150. The zero-order chi connectivity index (χ0) is 23.6. The summed E-state index contributed by atoms with van der Waals surface area (Å²) < 4.78 is 29.1. The number of amides is 1. The lowest BCUT2D eigenvalue weighted by atomic mass is 9.95. The molecule has 1 atom stereocenters. The average molecular weight is 489 g/mol. The van der Waals surface area contributed by atoms with Crippen LogP contribution in [0, 0.1) is 5.92 Å². The quantitative estimate of drug-likeness (QED) is 0.624. The Morgan fingerprint density at radius 2 is 1.85 bits per heavy atom. The van der Waals surface area contributed by atoms with Crippen LogP contribution in [-0.2, 0) is 21.4 Å². The normalized spacial score (nSPS) is 19.3. The highest BCUT2D eigenvalue weighted by atomic mass is 35.5. The number of fused-ring (bicyclic) bond motifs is 1. The Labute approximate surface area is 200 Å². The number of carbonyl (C=O) groups excluding carboxylic acids is 1. The number of carbonyl (C=O) groups is 1. The third-order valence-electron chi connectivity index (χ3n) is 6.10. The molecule has 0 N–H and O–H groups in total. The van der Waals surface area contributed by atoms with Gasteiger partial charge in [0.2, 0.25) is 5.91 Å². The van der Waals surface area contributed by atoms with E-state index in [4.69, 9.17) is 11.6 Å². The first kappa shape index (κ1) is 23.7. The van der Waals surface area contributed by atoms with Gasteiger partial charge in [0.25, 0.3) is 10.0 Å². The van der Waals surface area contributed by atoms with Gasteiger partial charge in [-0.3, -0.25) is 4.79 Å². The number of likely N-dealkylation sites (N-methyl/N-ethyl adjacent to an activating group) is 1. The van der Waals surface area contributed by atoms with Crippen LogP contribution >= 0.6 is 11.6 Å². The summed E-state index contributed by atoms with van der Waals surface area (Å²) >= 11 is 6.02. The van der Waals surface area contributed by atoms with Crippen LogP contribution in [0.5, 0.6) is 0 Å². The van der Waals surface area contributed by atoms with E-state index < -0.39 is 10.0 Å². The van der Waals surface area contributed by atoms with Crippen molar-refractivity contribution >= 4 is 33.4 Å². The first-order valence-electron chi connectivity index (χ1n) is 11.1. The fourth-order valence-electron chi connectivity index (χ4n) is 4.34. The number of halogens is 1. The largest absolute Gasteiger partial charge is 0.355 e. The Morgan fingerprint density at radius 3 is 2.58 bits per heavy atom. The lowest BCUT2D eigenvalue weighted by Gasteiger charge is -2.36. The molecule has 0 saturated carbocycles. The van der Waals surface area contributed by atoms with Crippen LogP contribution in [0.1, 0.15) is 24.0 Å². The van der Waals surface area contributed by atoms with Crippen molar-refractivity contribution in [3.05, 3.63) is 64.7 Å². The van der Waals surface area contributed by atoms with Gasteiger partial charge in [-0.1, -0.05) is 35.9 Å². The SMILES string of the molecule is CN(C)CCN(Cc1ccc(Cl)cc1)C(=O)C1CCCN(C2=NS(=O)(=O)c3ccccc32)C1. The molecule has 33 heavy (non-hydrogen) atoms. The molecule has 0 bridgehead atoms. The van der Waals surface area contributed by atoms with Gasteiger partial charge >= 0.3 is 0 Å². The second-order valence-corrected chi connectivity index (χ2v) is 10.9. The van der Waals surface area contributed by atoms with E-state index in [0.717, 1.165) is 24.9 Å². The predicted octanol–water partition coefficient (Wildman–Crippen LogP) is 3.09. The summed E-state index contributed by atoms with van der Waals surface area (Å²) in [6.07, 6.45) is 1.58. The van der Waals surface area contributed by atoms with Gasteiger partial charge in [0.1, 0.15) is 4.90 Å². The minimum absolute atomic E-state index is 0.0891. The van der Waals surface area contributed by atoms with Crippen molar-refractivity contribution in [2.24, 2.45) is 10.3 Å². The zero-order valence-corrected chi connectivity index (χ0v) is 20.5. The van der Waals surface area contributed by atoms with Crippen LogP contribution in [-0.4, -0.2) is 75.1 Å². The van der Waals surface area contributed by atoms with Crippen molar-refractivity contribution in [2.75, 3.05) is 40.3 Å². The Hall–Kier alpha value is -2.42. The molecule has 2 aliphatic rings. The molecule has 4 rings (SSSR count). The van der Waals surface area contributed by atoms with E-state index in [-0.39, 0.29) is 16.7 Å². The summed E-state index contributed by atoms with van der Waals surface area (Å²) in [7, 11) is 0.293. The summed E-state index contributed by atoms with van der Waals surface area (Å²) in [4.78, 5) is 19.8. The van der Waals surface area contributed by atoms with E-state index in [0.29, 0.717) is 42.6 Å². The zero-order valence-electron chi connectivity index (χ0n) is 18.9. The molecule has 2 aromatic carbocycles. The molecular formula is C24H29ClN4O3S. The minimum atomic E-state index is -3.69. The molecule has 0 aliphatic carbocycles. The lowest BCUT2D eigenvalue weighted by Crippen LogP contribution is -2.47. The second kappa shape index (κ2) is 9.83. The lowest BCUT2D eigenvalue weighted by molar-refractivity contribution is -0.137. The molecule has 0 spiro atoms. The van der Waals surface area contributed by atoms with Crippen molar-refractivity contribution in [2.45, 2.75) is 24.3 Å². The van der Waals surface area contributed by atoms with E-state index >= 15 is 0 Å². The maximum Gasteiger partial charge on any atom is 0.285 e. The topological polar surface area (TPSA) is 73.3 Å². The molecule has 9 heteroatoms. The summed E-state index contributed by atoms with van der Waals surface area (Å²) in [5.41, 5.74) is 1.65. The molecule has 2 aromatic rings. The van der Waals surface area contributed by atoms with Crippen molar-refractivity contribution in [3.8, 4) is 0 Å². The minimum Gasteiger partial charge on any atom is -0.355 e. The van der Waals surface area contributed by atoms with Gasteiger partial charge in [-0.2, -0.15) is 8.42 Å². The fraction of sp³-hybridized carbons (Fsp3) is 0.417. The van der Waals surface area contributed by atoms with Gasteiger partial charge in [-0.05, 0) is 56.8 Å². The predicted molar refractivity (Wildman–Crippen MR) is 130 cm³/mol. The maximum atomic E-state index is 13.6. The number of amidine groups is 1. The molecule has 1 amide bonds. The van der Waals surface area contributed by atoms with Crippen molar-refractivity contribution in [1.29, 1.82) is 0 Å². The van der Waals surface area contributed by atoms with Crippen molar-refractivity contribution in [1.82, 2.24) is 14.7 Å². The molecule has 1 saturated heterocycles. The van der Waals surface area contributed by atoms with Crippen LogP contribution in [0.3, 0.4) is 0 Å². The molecule has 2 heterocycles. The Kier molecular flexibility index (Phi) is 7.07. The van der Waals surface area contributed by atoms with Gasteiger partial charge in [0.15, 0.2) is 5.84 Å². The number of nitrogens with zero attached hydrogens (tertiary/aromatic N) is 4. The van der Waals surface area contributed by atoms with Crippen LogP contribution in [0.25, 0.3) is 0 Å². The molecule has 1 unspecified atom stereocenters. The Morgan fingerprint density at radius 1 is 1.12 bits per heavy atom. The van der Waals surface area contributed by atoms with Crippen LogP contribution in [0.4, 0.5) is 0 Å². The monoisotopic (exact) mass is 488 g/mol. The Balaban J connectivity index is 1.53. The van der Waals surface area contributed by atoms with E-state index in [1.165, 1.54) is 0 Å². The van der Waals surface area contributed by atoms with Crippen molar-refractivity contribution < 1.29 is 13.2 Å². The highest BCUT2D eigenvalue weighted by Gasteiger charge is 2.36. The highest BCUT2D eigenvalue weighted by molar-refractivity contribution is 7.90. The number of likely N-dealkylation sites (tertiary alicyclic amines) is 1. The summed E-state index contributed by atoms with van der Waals surface area (Å²) in [5.74, 6) is 0.332. The first-order valence-corrected chi connectivity index (χ1v) is 12.9. The maximum absolute atomic E-state index is 13.6. The second-order valence-electron chi connectivity index (χ2n) is 8.86. The van der Waals surface area contributed by atoms with Gasteiger partial charge in [-0.25, -0.2) is 0 Å². The number of piperidine rings is 1. The highest BCUT2D eigenvalue weighted by Crippen LogP contribution is 2.30. The van der Waals surface area contributed by atoms with Gasteiger partial charge < -0.3 is 14.7 Å². The molecule has 176 valence electrons. The van der Waals surface area contributed by atoms with E-state index in [1.807, 2.05) is 54.2 Å². The number of rotatable bonds is 6. The third kappa shape index (κ3) is 5.39. The molecule has 0 radical (unpaired) electrons. The van der Waals surface area contributed by atoms with Crippen LogP contribution in [0.15, 0.2) is 57.8 Å². The summed E-state index contributed by atoms with van der Waals surface area (Å²) in [5, 5.41) is 0.667. The summed E-state index contributed by atoms with van der Waals surface area (Å²) in [6, 6.07) is 14.5.